The number of rotatable bonds is 9. The molecule has 1 N–H and O–H groups in total. The van der Waals surface area contributed by atoms with Crippen LogP contribution in [0.15, 0.2) is 54.6 Å². The molecule has 0 bridgehead atoms. The fourth-order valence-corrected chi connectivity index (χ4v) is 4.28. The Morgan fingerprint density at radius 3 is 2.58 bits per heavy atom. The molecule has 1 amide bonds. The SMILES string of the molecule is Cc1ccc(C(=O)N(CC2CC2)C[C@H]2CN(C[C@@H](O)Cc3ccccc3)CCO2)cc1. The van der Waals surface area contributed by atoms with E-state index in [1.165, 1.54) is 12.8 Å². The molecular weight excluding hydrogens is 388 g/mol. The number of aliphatic hydroxyl groups is 1. The van der Waals surface area contributed by atoms with E-state index in [1.54, 1.807) is 0 Å². The Bertz CT molecular complexity index is 835. The van der Waals surface area contributed by atoms with Crippen molar-refractivity contribution in [2.24, 2.45) is 5.92 Å². The number of aryl methyl sites for hydroxylation is 1. The van der Waals surface area contributed by atoms with Gasteiger partial charge in [0.2, 0.25) is 0 Å². The summed E-state index contributed by atoms with van der Waals surface area (Å²) in [6.07, 6.45) is 2.65. The van der Waals surface area contributed by atoms with Gasteiger partial charge >= 0.3 is 0 Å². The molecule has 4 rings (SSSR count). The van der Waals surface area contributed by atoms with Gasteiger partial charge < -0.3 is 14.7 Å². The van der Waals surface area contributed by atoms with E-state index < -0.39 is 6.10 Å². The van der Waals surface area contributed by atoms with E-state index in [9.17, 15) is 9.90 Å². The molecule has 0 unspecified atom stereocenters. The van der Waals surface area contributed by atoms with Gasteiger partial charge in [-0.2, -0.15) is 0 Å². The second kappa shape index (κ2) is 10.4. The topological polar surface area (TPSA) is 53.0 Å². The molecule has 2 aromatic rings. The van der Waals surface area contributed by atoms with Gasteiger partial charge in [-0.3, -0.25) is 9.69 Å². The minimum Gasteiger partial charge on any atom is -0.391 e. The first-order chi connectivity index (χ1) is 15.1. The largest absolute Gasteiger partial charge is 0.391 e. The van der Waals surface area contributed by atoms with E-state index in [1.807, 2.05) is 54.3 Å². The van der Waals surface area contributed by atoms with Gasteiger partial charge in [0.15, 0.2) is 0 Å². The Morgan fingerprint density at radius 2 is 1.87 bits per heavy atom. The molecule has 0 spiro atoms. The summed E-state index contributed by atoms with van der Waals surface area (Å²) in [6.45, 7) is 6.28. The molecule has 0 radical (unpaired) electrons. The zero-order chi connectivity index (χ0) is 21.6. The van der Waals surface area contributed by atoms with Gasteiger partial charge in [0.1, 0.15) is 0 Å². The lowest BCUT2D eigenvalue weighted by molar-refractivity contribution is -0.0506. The lowest BCUT2D eigenvalue weighted by Gasteiger charge is -2.36. The summed E-state index contributed by atoms with van der Waals surface area (Å²) in [5.41, 5.74) is 3.06. The van der Waals surface area contributed by atoms with Crippen molar-refractivity contribution >= 4 is 5.91 Å². The van der Waals surface area contributed by atoms with E-state index in [-0.39, 0.29) is 12.0 Å². The summed E-state index contributed by atoms with van der Waals surface area (Å²) in [4.78, 5) is 17.4. The molecule has 5 heteroatoms. The van der Waals surface area contributed by atoms with Crippen LogP contribution in [-0.4, -0.2) is 72.4 Å². The van der Waals surface area contributed by atoms with E-state index in [0.29, 0.717) is 32.0 Å². The van der Waals surface area contributed by atoms with Crippen LogP contribution in [0.1, 0.15) is 34.3 Å². The quantitative estimate of drug-likeness (QED) is 0.675. The predicted octanol–water partition coefficient (Wildman–Crippen LogP) is 3.15. The zero-order valence-corrected chi connectivity index (χ0v) is 18.5. The van der Waals surface area contributed by atoms with Crippen molar-refractivity contribution < 1.29 is 14.6 Å². The van der Waals surface area contributed by atoms with Crippen molar-refractivity contribution in [3.8, 4) is 0 Å². The molecule has 5 nitrogen and oxygen atoms in total. The van der Waals surface area contributed by atoms with Crippen molar-refractivity contribution in [1.29, 1.82) is 0 Å². The molecule has 1 aliphatic carbocycles. The Labute approximate surface area is 185 Å². The van der Waals surface area contributed by atoms with Crippen LogP contribution in [0, 0.1) is 12.8 Å². The van der Waals surface area contributed by atoms with Crippen LogP contribution in [0.4, 0.5) is 0 Å². The molecular formula is C26H34N2O3. The van der Waals surface area contributed by atoms with Crippen molar-refractivity contribution in [1.82, 2.24) is 9.80 Å². The predicted molar refractivity (Wildman–Crippen MR) is 122 cm³/mol. The maximum atomic E-state index is 13.2. The Morgan fingerprint density at radius 1 is 1.13 bits per heavy atom. The summed E-state index contributed by atoms with van der Waals surface area (Å²) in [7, 11) is 0. The molecule has 2 aliphatic rings. The number of aliphatic hydroxyl groups excluding tert-OH is 1. The summed E-state index contributed by atoms with van der Waals surface area (Å²) < 4.78 is 6.03. The number of carbonyl (C=O) groups excluding carboxylic acids is 1. The first kappa shape index (κ1) is 22.0. The average molecular weight is 423 g/mol. The van der Waals surface area contributed by atoms with Gasteiger partial charge in [0, 0.05) is 38.3 Å². The van der Waals surface area contributed by atoms with Gasteiger partial charge in [-0.1, -0.05) is 48.0 Å². The molecule has 0 aromatic heterocycles. The standard InChI is InChI=1S/C26H34N2O3/c1-20-7-11-23(12-8-20)26(30)28(16-22-9-10-22)19-25-18-27(13-14-31-25)17-24(29)15-21-5-3-2-4-6-21/h2-8,11-12,22,24-25,29H,9-10,13-19H2,1H3/t24-,25+/m0/s1. The average Bonchev–Trinajstić information content (AvgIpc) is 3.58. The highest BCUT2D eigenvalue weighted by atomic mass is 16.5. The summed E-state index contributed by atoms with van der Waals surface area (Å²) >= 11 is 0. The highest BCUT2D eigenvalue weighted by Crippen LogP contribution is 2.30. The second-order valence-corrected chi connectivity index (χ2v) is 9.12. The third-order valence-corrected chi connectivity index (χ3v) is 6.19. The zero-order valence-electron chi connectivity index (χ0n) is 18.5. The van der Waals surface area contributed by atoms with Crippen LogP contribution in [0.3, 0.4) is 0 Å². The summed E-state index contributed by atoms with van der Waals surface area (Å²) in [5.74, 6) is 0.721. The maximum absolute atomic E-state index is 13.2. The fourth-order valence-electron chi connectivity index (χ4n) is 4.28. The van der Waals surface area contributed by atoms with Gasteiger partial charge in [0.05, 0.1) is 18.8 Å². The minimum atomic E-state index is -0.405. The van der Waals surface area contributed by atoms with Crippen LogP contribution in [0.25, 0.3) is 0 Å². The molecule has 2 fully saturated rings. The second-order valence-electron chi connectivity index (χ2n) is 9.12. The van der Waals surface area contributed by atoms with Crippen molar-refractivity contribution in [2.45, 2.75) is 38.4 Å². The Kier molecular flexibility index (Phi) is 7.38. The fraction of sp³-hybridized carbons (Fsp3) is 0.500. The molecule has 1 saturated heterocycles. The number of benzene rings is 2. The van der Waals surface area contributed by atoms with Gasteiger partial charge in [-0.25, -0.2) is 0 Å². The molecule has 2 aromatic carbocycles. The number of hydrogen-bond donors (Lipinski definition) is 1. The molecule has 31 heavy (non-hydrogen) atoms. The van der Waals surface area contributed by atoms with E-state index in [0.717, 1.165) is 36.3 Å². The third kappa shape index (κ3) is 6.63. The first-order valence-corrected chi connectivity index (χ1v) is 11.5. The van der Waals surface area contributed by atoms with Crippen molar-refractivity contribution in [2.75, 3.05) is 39.3 Å². The van der Waals surface area contributed by atoms with Gasteiger partial charge in [0.25, 0.3) is 5.91 Å². The van der Waals surface area contributed by atoms with Gasteiger partial charge in [-0.15, -0.1) is 0 Å². The number of hydrogen-bond acceptors (Lipinski definition) is 4. The summed E-state index contributed by atoms with van der Waals surface area (Å²) in [6, 6.07) is 17.9. The van der Waals surface area contributed by atoms with Crippen molar-refractivity contribution in [3.05, 3.63) is 71.3 Å². The number of β-amino-alcohol motifs (C(OH)–C–C–N with tert-alkyl or cyclic N) is 1. The van der Waals surface area contributed by atoms with Crippen LogP contribution < -0.4 is 0 Å². The molecule has 166 valence electrons. The number of carbonyl (C=O) groups is 1. The van der Waals surface area contributed by atoms with E-state index >= 15 is 0 Å². The Balaban J connectivity index is 1.33. The normalized spacial score (nSPS) is 20.4. The Hall–Kier alpha value is -2.21. The molecule has 1 aliphatic heterocycles. The number of morpholine rings is 1. The van der Waals surface area contributed by atoms with Crippen LogP contribution in [0.5, 0.6) is 0 Å². The smallest absolute Gasteiger partial charge is 0.253 e. The number of ether oxygens (including phenoxy) is 1. The highest BCUT2D eigenvalue weighted by molar-refractivity contribution is 5.94. The van der Waals surface area contributed by atoms with Crippen molar-refractivity contribution in [3.63, 3.8) is 0 Å². The van der Waals surface area contributed by atoms with Crippen LogP contribution in [0.2, 0.25) is 0 Å². The van der Waals surface area contributed by atoms with Crippen LogP contribution >= 0.6 is 0 Å². The monoisotopic (exact) mass is 422 g/mol. The molecule has 1 saturated carbocycles. The lowest BCUT2D eigenvalue weighted by atomic mass is 10.1. The van der Waals surface area contributed by atoms with E-state index in [2.05, 4.69) is 17.0 Å². The van der Waals surface area contributed by atoms with E-state index in [4.69, 9.17) is 4.74 Å². The lowest BCUT2D eigenvalue weighted by Crippen LogP contribution is -2.50. The molecule has 1 heterocycles. The minimum absolute atomic E-state index is 0.0224. The summed E-state index contributed by atoms with van der Waals surface area (Å²) in [5, 5.41) is 10.6. The third-order valence-electron chi connectivity index (χ3n) is 6.19. The molecule has 2 atom stereocenters. The first-order valence-electron chi connectivity index (χ1n) is 11.5. The number of amides is 1. The highest BCUT2D eigenvalue weighted by Gasteiger charge is 2.31. The maximum Gasteiger partial charge on any atom is 0.253 e. The van der Waals surface area contributed by atoms with Crippen LogP contribution in [-0.2, 0) is 11.2 Å². The number of nitrogens with zero attached hydrogens (tertiary/aromatic N) is 2. The van der Waals surface area contributed by atoms with Gasteiger partial charge in [-0.05, 0) is 49.8 Å².